The highest BCUT2D eigenvalue weighted by Gasteiger charge is 2.36. The molecule has 30 heavy (non-hydrogen) atoms. The van der Waals surface area contributed by atoms with Gasteiger partial charge in [-0.25, -0.2) is 8.42 Å². The molecule has 0 aliphatic heterocycles. The van der Waals surface area contributed by atoms with Crippen LogP contribution >= 0.6 is 22.9 Å². The average molecular weight is 492 g/mol. The predicted molar refractivity (Wildman–Crippen MR) is 100.0 cm³/mol. The molecule has 0 unspecified atom stereocenters. The van der Waals surface area contributed by atoms with Crippen molar-refractivity contribution in [3.05, 3.63) is 34.6 Å². The van der Waals surface area contributed by atoms with Crippen LogP contribution in [0.3, 0.4) is 0 Å². The summed E-state index contributed by atoms with van der Waals surface area (Å²) in [6.07, 6.45) is -4.38. The monoisotopic (exact) mass is 491 g/mol. The van der Waals surface area contributed by atoms with Gasteiger partial charge in [-0.1, -0.05) is 11.6 Å². The maximum atomic E-state index is 12.9. The number of rotatable bonds is 5. The van der Waals surface area contributed by atoms with Crippen LogP contribution in [0.15, 0.2) is 27.4 Å². The fraction of sp³-hybridized carbons (Fsp3) is 0.267. The molecule has 2 rings (SSSR count). The summed E-state index contributed by atoms with van der Waals surface area (Å²) in [7, 11) is -4.63. The fourth-order valence-corrected chi connectivity index (χ4v) is 5.15. The number of carbonyl (C=O) groups excluding carboxylic acids is 2. The number of thiophene rings is 1. The van der Waals surface area contributed by atoms with Gasteiger partial charge in [0.05, 0.1) is 15.5 Å². The maximum Gasteiger partial charge on any atom is 0.433 e. The molecule has 0 spiro atoms. The lowest BCUT2D eigenvalue weighted by Gasteiger charge is -2.16. The molecule has 0 atom stereocenters. The summed E-state index contributed by atoms with van der Waals surface area (Å²) in [5.41, 5.74) is 1.42. The molecule has 2 aromatic heterocycles. The molecule has 0 aliphatic rings. The SMILES string of the molecule is CC(C)(O)C(=O)Nc1sc(S(=O)(=O)c2cc(C(F)(F)F)ncc2Cl)cc1C(N)=O.F. The van der Waals surface area contributed by atoms with Gasteiger partial charge in [-0.3, -0.25) is 19.3 Å². The first-order valence-electron chi connectivity index (χ1n) is 7.50. The number of nitrogens with two attached hydrogens (primary N) is 1. The van der Waals surface area contributed by atoms with Crippen LogP contribution < -0.4 is 11.1 Å². The number of hydrogen-bond acceptors (Lipinski definition) is 7. The minimum Gasteiger partial charge on any atom is -0.381 e. The number of amides is 2. The van der Waals surface area contributed by atoms with Crippen molar-refractivity contribution in [2.24, 2.45) is 5.73 Å². The van der Waals surface area contributed by atoms with Crippen LogP contribution in [0.25, 0.3) is 0 Å². The molecule has 0 aliphatic carbocycles. The van der Waals surface area contributed by atoms with Gasteiger partial charge in [0.15, 0.2) is 0 Å². The predicted octanol–water partition coefficient (Wildman–Crippen LogP) is 2.61. The van der Waals surface area contributed by atoms with Crippen LogP contribution in [0.1, 0.15) is 29.9 Å². The molecule has 2 heterocycles. The molecular formula is C15H14ClF4N3O5S2. The topological polar surface area (TPSA) is 139 Å². The number of pyridine rings is 1. The molecule has 166 valence electrons. The van der Waals surface area contributed by atoms with E-state index in [0.717, 1.165) is 19.9 Å². The lowest BCUT2D eigenvalue weighted by molar-refractivity contribution is -0.141. The van der Waals surface area contributed by atoms with Gasteiger partial charge in [-0.05, 0) is 26.0 Å². The Kier molecular flexibility index (Phi) is 7.25. The van der Waals surface area contributed by atoms with E-state index in [1.54, 1.807) is 0 Å². The Bertz CT molecular complexity index is 1090. The first-order chi connectivity index (χ1) is 13.0. The first-order valence-corrected chi connectivity index (χ1v) is 10.2. The molecule has 8 nitrogen and oxygen atoms in total. The van der Waals surface area contributed by atoms with Gasteiger partial charge in [0.25, 0.3) is 11.8 Å². The summed E-state index contributed by atoms with van der Waals surface area (Å²) in [6.45, 7) is 2.29. The number of primary amides is 1. The molecule has 15 heteroatoms. The summed E-state index contributed by atoms with van der Waals surface area (Å²) >= 11 is 6.10. The van der Waals surface area contributed by atoms with Crippen LogP contribution in [-0.2, 0) is 20.8 Å². The van der Waals surface area contributed by atoms with Crippen molar-refractivity contribution in [1.82, 2.24) is 4.98 Å². The number of sulfone groups is 1. The van der Waals surface area contributed by atoms with Crippen molar-refractivity contribution < 1.29 is 41.0 Å². The normalized spacial score (nSPS) is 12.2. The number of anilines is 1. The van der Waals surface area contributed by atoms with Crippen molar-refractivity contribution in [3.63, 3.8) is 0 Å². The zero-order chi connectivity index (χ0) is 22.4. The van der Waals surface area contributed by atoms with Crippen molar-refractivity contribution in [3.8, 4) is 0 Å². The van der Waals surface area contributed by atoms with Crippen molar-refractivity contribution in [2.45, 2.75) is 34.7 Å². The van der Waals surface area contributed by atoms with Gasteiger partial charge in [0, 0.05) is 6.20 Å². The third-order valence-electron chi connectivity index (χ3n) is 3.42. The molecule has 0 aromatic carbocycles. The number of halogens is 5. The van der Waals surface area contributed by atoms with E-state index in [9.17, 15) is 36.3 Å². The Hall–Kier alpha value is -2.29. The largest absolute Gasteiger partial charge is 0.433 e. The zero-order valence-corrected chi connectivity index (χ0v) is 17.5. The van der Waals surface area contributed by atoms with Crippen molar-refractivity contribution >= 4 is 49.6 Å². The molecule has 2 amide bonds. The Labute approximate surface area is 176 Å². The second kappa shape index (κ2) is 8.45. The molecule has 0 fully saturated rings. The van der Waals surface area contributed by atoms with E-state index in [0.29, 0.717) is 17.5 Å². The van der Waals surface area contributed by atoms with E-state index in [2.05, 4.69) is 10.3 Å². The molecular weight excluding hydrogens is 478 g/mol. The standard InChI is InChI=1S/C15H13ClF3N3O5S2.FH/c1-14(2,25)13(24)22-12-6(11(20)23)3-10(28-12)29(26,27)8-4-9(15(17,18)19)21-5-7(8)16;/h3-5,25H,1-2H3,(H2,20,23)(H,22,24);1H. The summed E-state index contributed by atoms with van der Waals surface area (Å²) in [5, 5.41) is 11.0. The van der Waals surface area contributed by atoms with Gasteiger partial charge in [0.2, 0.25) is 9.84 Å². The fourth-order valence-electron chi connectivity index (χ4n) is 1.92. The van der Waals surface area contributed by atoms with Crippen molar-refractivity contribution in [1.29, 1.82) is 0 Å². The number of aromatic nitrogens is 1. The van der Waals surface area contributed by atoms with Gasteiger partial charge >= 0.3 is 6.18 Å². The van der Waals surface area contributed by atoms with Crippen LogP contribution in [-0.4, -0.2) is 35.9 Å². The molecule has 0 saturated heterocycles. The van der Waals surface area contributed by atoms with Crippen LogP contribution in [0.4, 0.5) is 22.9 Å². The third-order valence-corrected chi connectivity index (χ3v) is 7.15. The second-order valence-corrected chi connectivity index (χ2v) is 9.79. The van der Waals surface area contributed by atoms with E-state index >= 15 is 0 Å². The summed E-state index contributed by atoms with van der Waals surface area (Å²) in [6, 6.07) is 1.06. The van der Waals surface area contributed by atoms with E-state index in [1.165, 1.54) is 0 Å². The van der Waals surface area contributed by atoms with Gasteiger partial charge in [0.1, 0.15) is 20.5 Å². The number of alkyl halides is 3. The van der Waals surface area contributed by atoms with Gasteiger partial charge < -0.3 is 16.2 Å². The minimum atomic E-state index is -4.92. The molecule has 2 aromatic rings. The average Bonchev–Trinajstić information content (AvgIpc) is 2.98. The van der Waals surface area contributed by atoms with Crippen LogP contribution in [0.5, 0.6) is 0 Å². The van der Waals surface area contributed by atoms with E-state index in [1.807, 2.05) is 0 Å². The lowest BCUT2D eigenvalue weighted by Crippen LogP contribution is -2.36. The number of hydrogen-bond donors (Lipinski definition) is 3. The quantitative estimate of drug-likeness (QED) is 0.549. The van der Waals surface area contributed by atoms with Crippen molar-refractivity contribution in [2.75, 3.05) is 5.32 Å². The zero-order valence-electron chi connectivity index (χ0n) is 15.1. The molecule has 0 saturated carbocycles. The van der Waals surface area contributed by atoms with E-state index in [-0.39, 0.29) is 15.8 Å². The highest BCUT2D eigenvalue weighted by molar-refractivity contribution is 7.93. The van der Waals surface area contributed by atoms with Crippen LogP contribution in [0.2, 0.25) is 5.02 Å². The van der Waals surface area contributed by atoms with Crippen LogP contribution in [0, 0.1) is 0 Å². The minimum absolute atomic E-state index is 0. The smallest absolute Gasteiger partial charge is 0.381 e. The Morgan fingerprint density at radius 1 is 1.27 bits per heavy atom. The second-order valence-electron chi connectivity index (χ2n) is 6.19. The van der Waals surface area contributed by atoms with Gasteiger partial charge in [-0.15, -0.1) is 11.3 Å². The highest BCUT2D eigenvalue weighted by Crippen LogP contribution is 2.38. The molecule has 0 bridgehead atoms. The van der Waals surface area contributed by atoms with E-state index < -0.39 is 58.8 Å². The molecule has 4 N–H and O–H groups in total. The summed E-state index contributed by atoms with van der Waals surface area (Å²) in [4.78, 5) is 25.7. The van der Waals surface area contributed by atoms with E-state index in [4.69, 9.17) is 17.3 Å². The summed E-state index contributed by atoms with van der Waals surface area (Å²) < 4.78 is 63.7. The number of carbonyl (C=O) groups is 2. The Balaban J connectivity index is 0.00000450. The number of nitrogens with zero attached hydrogens (tertiary/aromatic N) is 1. The maximum absolute atomic E-state index is 12.9. The third kappa shape index (κ3) is 5.24. The Morgan fingerprint density at radius 2 is 1.83 bits per heavy atom. The number of nitrogens with one attached hydrogen (secondary N) is 1. The first kappa shape index (κ1) is 25.7. The number of aliphatic hydroxyl groups is 1. The lowest BCUT2D eigenvalue weighted by atomic mass is 10.1. The summed E-state index contributed by atoms with van der Waals surface area (Å²) in [5.74, 6) is -2.07. The highest BCUT2D eigenvalue weighted by atomic mass is 35.5. The Morgan fingerprint density at radius 3 is 2.30 bits per heavy atom. The molecule has 0 radical (unpaired) electrons. The van der Waals surface area contributed by atoms with Gasteiger partial charge in [-0.2, -0.15) is 13.2 Å².